The van der Waals surface area contributed by atoms with Crippen molar-refractivity contribution in [2.75, 3.05) is 0 Å². The first-order valence-corrected chi connectivity index (χ1v) is 6.78. The van der Waals surface area contributed by atoms with Crippen molar-refractivity contribution in [3.8, 4) is 0 Å². The molecule has 3 rings (SSSR count). The van der Waals surface area contributed by atoms with Gasteiger partial charge in [-0.2, -0.15) is 0 Å². The molecule has 2 aliphatic carbocycles. The lowest BCUT2D eigenvalue weighted by Crippen LogP contribution is -2.44. The van der Waals surface area contributed by atoms with Gasteiger partial charge in [-0.1, -0.05) is 26.0 Å². The topological polar surface area (TPSA) is 12.5 Å². The highest BCUT2D eigenvalue weighted by Crippen LogP contribution is 2.59. The minimum Gasteiger partial charge on any atom is -0.366 e. The average Bonchev–Trinajstić information content (AvgIpc) is 2.82. The zero-order chi connectivity index (χ0) is 11.6. The molecule has 2 unspecified atom stereocenters. The van der Waals surface area contributed by atoms with Crippen LogP contribution >= 0.6 is 0 Å². The van der Waals surface area contributed by atoms with Crippen LogP contribution in [0.2, 0.25) is 0 Å². The SMILES string of the molecule is C=C1CC[C@H]2O[C@]2(C)CCC2C1CC2(C)C. The van der Waals surface area contributed by atoms with E-state index in [1.54, 1.807) is 0 Å². The van der Waals surface area contributed by atoms with Gasteiger partial charge in [0.1, 0.15) is 0 Å². The van der Waals surface area contributed by atoms with E-state index in [4.69, 9.17) is 4.74 Å². The molecule has 90 valence electrons. The van der Waals surface area contributed by atoms with Gasteiger partial charge in [-0.25, -0.2) is 0 Å². The van der Waals surface area contributed by atoms with E-state index in [9.17, 15) is 0 Å². The monoisotopic (exact) mass is 220 g/mol. The van der Waals surface area contributed by atoms with Crippen molar-refractivity contribution in [3.63, 3.8) is 0 Å². The number of ether oxygens (including phenoxy) is 1. The molecular formula is C15H24O. The summed E-state index contributed by atoms with van der Waals surface area (Å²) in [6.45, 7) is 11.5. The molecule has 0 aromatic heterocycles. The summed E-state index contributed by atoms with van der Waals surface area (Å²) < 4.78 is 5.86. The second-order valence-corrected chi connectivity index (χ2v) is 7.06. The Morgan fingerprint density at radius 3 is 2.69 bits per heavy atom. The number of hydrogen-bond acceptors (Lipinski definition) is 1. The summed E-state index contributed by atoms with van der Waals surface area (Å²) in [6.07, 6.45) is 6.89. The molecule has 0 bridgehead atoms. The Morgan fingerprint density at radius 1 is 1.25 bits per heavy atom. The van der Waals surface area contributed by atoms with Crippen molar-refractivity contribution >= 4 is 0 Å². The van der Waals surface area contributed by atoms with Crippen LogP contribution in [0.5, 0.6) is 0 Å². The van der Waals surface area contributed by atoms with Crippen molar-refractivity contribution in [3.05, 3.63) is 12.2 Å². The Labute approximate surface area is 99.3 Å². The van der Waals surface area contributed by atoms with E-state index in [0.29, 0.717) is 11.5 Å². The van der Waals surface area contributed by atoms with Gasteiger partial charge in [-0.15, -0.1) is 0 Å². The fourth-order valence-electron chi connectivity index (χ4n) is 4.08. The second-order valence-electron chi connectivity index (χ2n) is 7.06. The maximum Gasteiger partial charge on any atom is 0.0920 e. The molecule has 0 N–H and O–H groups in total. The summed E-state index contributed by atoms with van der Waals surface area (Å²) in [5.74, 6) is 1.68. The number of rotatable bonds is 0. The second kappa shape index (κ2) is 3.13. The number of hydrogen-bond donors (Lipinski definition) is 0. The van der Waals surface area contributed by atoms with Gasteiger partial charge >= 0.3 is 0 Å². The third-order valence-electron chi connectivity index (χ3n) is 5.47. The van der Waals surface area contributed by atoms with Crippen LogP contribution in [0.3, 0.4) is 0 Å². The summed E-state index contributed by atoms with van der Waals surface area (Å²) in [6, 6.07) is 0. The Morgan fingerprint density at radius 2 is 2.00 bits per heavy atom. The Bertz CT molecular complexity index is 330. The summed E-state index contributed by atoms with van der Waals surface area (Å²) in [5.41, 5.74) is 2.27. The van der Waals surface area contributed by atoms with Crippen molar-refractivity contribution in [1.82, 2.24) is 0 Å². The van der Waals surface area contributed by atoms with Crippen molar-refractivity contribution in [1.29, 1.82) is 0 Å². The van der Waals surface area contributed by atoms with E-state index in [-0.39, 0.29) is 5.60 Å². The van der Waals surface area contributed by atoms with E-state index in [1.807, 2.05) is 0 Å². The fraction of sp³-hybridized carbons (Fsp3) is 0.867. The maximum absolute atomic E-state index is 5.86. The van der Waals surface area contributed by atoms with E-state index in [1.165, 1.54) is 37.7 Å². The maximum atomic E-state index is 5.86. The van der Waals surface area contributed by atoms with Crippen LogP contribution in [0.4, 0.5) is 0 Å². The van der Waals surface area contributed by atoms with E-state index in [0.717, 1.165) is 11.8 Å². The molecule has 1 aliphatic heterocycles. The fourth-order valence-corrected chi connectivity index (χ4v) is 4.08. The highest BCUT2D eigenvalue weighted by atomic mass is 16.6. The van der Waals surface area contributed by atoms with Gasteiger partial charge in [0, 0.05) is 0 Å². The molecule has 1 saturated heterocycles. The van der Waals surface area contributed by atoms with Crippen molar-refractivity contribution < 1.29 is 4.74 Å². The summed E-state index contributed by atoms with van der Waals surface area (Å²) in [5, 5.41) is 0. The predicted octanol–water partition coefficient (Wildman–Crippen LogP) is 3.94. The van der Waals surface area contributed by atoms with Gasteiger partial charge in [0.25, 0.3) is 0 Å². The van der Waals surface area contributed by atoms with Crippen molar-refractivity contribution in [2.45, 2.75) is 64.6 Å². The lowest BCUT2D eigenvalue weighted by molar-refractivity contribution is -0.00211. The highest BCUT2D eigenvalue weighted by molar-refractivity contribution is 5.16. The van der Waals surface area contributed by atoms with Crippen LogP contribution in [-0.4, -0.2) is 11.7 Å². The summed E-state index contributed by atoms with van der Waals surface area (Å²) in [4.78, 5) is 0. The zero-order valence-electron chi connectivity index (χ0n) is 10.9. The third-order valence-corrected chi connectivity index (χ3v) is 5.47. The van der Waals surface area contributed by atoms with Gasteiger partial charge in [0.15, 0.2) is 0 Å². The number of epoxide rings is 1. The molecule has 3 fully saturated rings. The Balaban J connectivity index is 1.78. The van der Waals surface area contributed by atoms with E-state index >= 15 is 0 Å². The van der Waals surface area contributed by atoms with Crippen LogP contribution in [0.25, 0.3) is 0 Å². The Hall–Kier alpha value is -0.300. The first-order valence-electron chi connectivity index (χ1n) is 6.78. The molecule has 1 heteroatoms. The molecule has 0 radical (unpaired) electrons. The lowest BCUT2D eigenvalue weighted by atomic mass is 9.52. The third kappa shape index (κ3) is 1.48. The predicted molar refractivity (Wildman–Crippen MR) is 66.3 cm³/mol. The lowest BCUT2D eigenvalue weighted by Gasteiger charge is -2.53. The highest BCUT2D eigenvalue weighted by Gasteiger charge is 2.55. The van der Waals surface area contributed by atoms with Crippen LogP contribution in [0, 0.1) is 17.3 Å². The van der Waals surface area contributed by atoms with E-state index < -0.39 is 0 Å². The molecule has 1 nitrogen and oxygen atoms in total. The molecule has 3 aliphatic rings. The van der Waals surface area contributed by atoms with E-state index in [2.05, 4.69) is 27.4 Å². The minimum atomic E-state index is 0.223. The van der Waals surface area contributed by atoms with Gasteiger partial charge in [-0.05, 0) is 56.3 Å². The van der Waals surface area contributed by atoms with Crippen molar-refractivity contribution in [2.24, 2.45) is 17.3 Å². The van der Waals surface area contributed by atoms with Gasteiger partial charge in [0.2, 0.25) is 0 Å². The van der Waals surface area contributed by atoms with Crippen LogP contribution in [-0.2, 0) is 4.74 Å². The number of allylic oxidation sites excluding steroid dienone is 1. The summed E-state index contributed by atoms with van der Waals surface area (Å²) >= 11 is 0. The standard InChI is InChI=1S/C15H24O/c1-10-5-6-13-15(4,16-13)8-7-12-11(10)9-14(12,2)3/h11-13H,1,5-9H2,2-4H3/t11?,12?,13-,15-/m1/s1. The molecule has 1 heterocycles. The Kier molecular flexibility index (Phi) is 2.12. The molecule has 0 amide bonds. The van der Waals surface area contributed by atoms with Crippen LogP contribution in [0.15, 0.2) is 12.2 Å². The van der Waals surface area contributed by atoms with Crippen LogP contribution < -0.4 is 0 Å². The van der Waals surface area contributed by atoms with Gasteiger partial charge in [-0.3, -0.25) is 0 Å². The quantitative estimate of drug-likeness (QED) is 0.445. The zero-order valence-corrected chi connectivity index (χ0v) is 10.9. The van der Waals surface area contributed by atoms with Gasteiger partial charge < -0.3 is 4.74 Å². The largest absolute Gasteiger partial charge is 0.366 e. The van der Waals surface area contributed by atoms with Gasteiger partial charge in [0.05, 0.1) is 11.7 Å². The molecule has 0 aromatic carbocycles. The molecule has 2 saturated carbocycles. The average molecular weight is 220 g/mol. The number of fused-ring (bicyclic) bond motifs is 2. The molecular weight excluding hydrogens is 196 g/mol. The molecule has 4 atom stereocenters. The molecule has 16 heavy (non-hydrogen) atoms. The first kappa shape index (κ1) is 10.8. The first-order chi connectivity index (χ1) is 7.42. The summed E-state index contributed by atoms with van der Waals surface area (Å²) in [7, 11) is 0. The minimum absolute atomic E-state index is 0.223. The normalized spacial score (nSPS) is 50.2. The molecule has 0 aromatic rings. The van der Waals surface area contributed by atoms with Crippen LogP contribution in [0.1, 0.15) is 52.9 Å². The smallest absolute Gasteiger partial charge is 0.0920 e. The molecule has 0 spiro atoms.